The largest absolute Gasteiger partial charge is 0.465 e. The Morgan fingerprint density at radius 2 is 1.78 bits per heavy atom. The molecule has 1 aliphatic heterocycles. The van der Waals surface area contributed by atoms with Gasteiger partial charge in [-0.15, -0.1) is 0 Å². The van der Waals surface area contributed by atoms with Gasteiger partial charge in [0.25, 0.3) is 5.56 Å². The summed E-state index contributed by atoms with van der Waals surface area (Å²) >= 11 is 6.40. The third-order valence-electron chi connectivity index (χ3n) is 8.20. The van der Waals surface area contributed by atoms with Crippen LogP contribution >= 0.6 is 11.6 Å². The second-order valence-corrected chi connectivity index (χ2v) is 11.6. The molecule has 0 aliphatic carbocycles. The average molecular weight is 623 g/mol. The summed E-state index contributed by atoms with van der Waals surface area (Å²) in [5.41, 5.74) is 5.89. The van der Waals surface area contributed by atoms with Gasteiger partial charge in [-0.2, -0.15) is 5.10 Å². The molecule has 0 unspecified atom stereocenters. The molecule has 2 aromatic carbocycles. The fourth-order valence-corrected chi connectivity index (χ4v) is 5.93. The van der Waals surface area contributed by atoms with Crippen molar-refractivity contribution in [2.75, 3.05) is 12.4 Å². The number of rotatable bonds is 4. The summed E-state index contributed by atoms with van der Waals surface area (Å²) < 4.78 is 8.14. The lowest BCUT2D eigenvalue weighted by Crippen LogP contribution is -2.27. The number of ether oxygens (including phenoxy) is 1. The molecule has 2 bridgehead atoms. The lowest BCUT2D eigenvalue weighted by molar-refractivity contribution is -0.119. The van der Waals surface area contributed by atoms with E-state index in [2.05, 4.69) is 15.4 Å². The molecular formula is C34H31ClN6O4. The SMILES string of the molecule is COC(=O)c1ccc(-c2ccc(Cl)cc2-c2cc(=O)n([C@H]3CCC[C@@H](C)C(=O)Nc4cnn(C)c4-c4ccnc3c4)cn2)cc1. The molecule has 1 N–H and O–H groups in total. The van der Waals surface area contributed by atoms with Gasteiger partial charge in [-0.1, -0.05) is 43.1 Å². The number of carbonyl (C=O) groups is 2. The second-order valence-electron chi connectivity index (χ2n) is 11.1. The number of pyridine rings is 1. The van der Waals surface area contributed by atoms with E-state index in [0.717, 1.165) is 22.4 Å². The zero-order valence-corrected chi connectivity index (χ0v) is 25.8. The van der Waals surface area contributed by atoms with E-state index in [1.165, 1.54) is 13.2 Å². The molecule has 0 saturated carbocycles. The topological polar surface area (TPSA) is 121 Å². The molecule has 5 aromatic rings. The lowest BCUT2D eigenvalue weighted by atomic mass is 9.96. The number of nitrogens with zero attached hydrogens (tertiary/aromatic N) is 5. The molecule has 1 aliphatic rings. The van der Waals surface area contributed by atoms with Crippen LogP contribution in [0.5, 0.6) is 0 Å². The monoisotopic (exact) mass is 622 g/mol. The minimum Gasteiger partial charge on any atom is -0.465 e. The van der Waals surface area contributed by atoms with Crippen molar-refractivity contribution in [3.8, 4) is 33.6 Å². The minimum absolute atomic E-state index is 0.0731. The van der Waals surface area contributed by atoms with Crippen LogP contribution in [0.1, 0.15) is 48.3 Å². The first-order valence-corrected chi connectivity index (χ1v) is 15.0. The molecule has 4 heterocycles. The van der Waals surface area contributed by atoms with Crippen molar-refractivity contribution in [1.82, 2.24) is 24.3 Å². The van der Waals surface area contributed by atoms with Crippen LogP contribution in [0.3, 0.4) is 0 Å². The van der Waals surface area contributed by atoms with Crippen molar-refractivity contribution in [2.24, 2.45) is 13.0 Å². The zero-order valence-electron chi connectivity index (χ0n) is 25.0. The molecular weight excluding hydrogens is 592 g/mol. The molecule has 0 spiro atoms. The van der Waals surface area contributed by atoms with Crippen molar-refractivity contribution < 1.29 is 14.3 Å². The summed E-state index contributed by atoms with van der Waals surface area (Å²) in [5.74, 6) is -0.728. The van der Waals surface area contributed by atoms with Gasteiger partial charge in [0, 0.05) is 41.4 Å². The highest BCUT2D eigenvalue weighted by Gasteiger charge is 2.24. The predicted octanol–water partition coefficient (Wildman–Crippen LogP) is 6.16. The van der Waals surface area contributed by atoms with Crippen molar-refractivity contribution in [1.29, 1.82) is 0 Å². The van der Waals surface area contributed by atoms with Crippen molar-refractivity contribution in [2.45, 2.75) is 32.2 Å². The maximum Gasteiger partial charge on any atom is 0.337 e. The quantitative estimate of drug-likeness (QED) is 0.238. The normalized spacial score (nSPS) is 16.6. The van der Waals surface area contributed by atoms with Gasteiger partial charge in [0.15, 0.2) is 0 Å². The fraction of sp³-hybridized carbons (Fsp3) is 0.235. The van der Waals surface area contributed by atoms with Crippen LogP contribution < -0.4 is 10.9 Å². The molecule has 0 saturated heterocycles. The predicted molar refractivity (Wildman–Crippen MR) is 172 cm³/mol. The Kier molecular flexibility index (Phi) is 8.32. The van der Waals surface area contributed by atoms with Crippen LogP contribution in [0.15, 0.2) is 84.2 Å². The lowest BCUT2D eigenvalue weighted by Gasteiger charge is -2.22. The number of nitrogens with one attached hydrogen (secondary N) is 1. The minimum atomic E-state index is -0.423. The Bertz CT molecular complexity index is 1970. The Morgan fingerprint density at radius 1 is 0.978 bits per heavy atom. The number of aromatic nitrogens is 5. The van der Waals surface area contributed by atoms with E-state index in [9.17, 15) is 14.4 Å². The third kappa shape index (κ3) is 6.01. The molecule has 45 heavy (non-hydrogen) atoms. The number of hydrogen-bond acceptors (Lipinski definition) is 7. The molecule has 0 radical (unpaired) electrons. The van der Waals surface area contributed by atoms with E-state index in [1.54, 1.807) is 52.2 Å². The fourth-order valence-electron chi connectivity index (χ4n) is 5.76. The van der Waals surface area contributed by atoms with Crippen LogP contribution in [0.25, 0.3) is 33.6 Å². The van der Waals surface area contributed by atoms with E-state index < -0.39 is 12.0 Å². The highest BCUT2D eigenvalue weighted by atomic mass is 35.5. The van der Waals surface area contributed by atoms with Gasteiger partial charge < -0.3 is 10.1 Å². The smallest absolute Gasteiger partial charge is 0.337 e. The summed E-state index contributed by atoms with van der Waals surface area (Å²) in [6.45, 7) is 1.90. The maximum atomic E-state index is 13.8. The van der Waals surface area contributed by atoms with Crippen LogP contribution in [-0.2, 0) is 16.6 Å². The molecule has 6 rings (SSSR count). The third-order valence-corrected chi connectivity index (χ3v) is 8.44. The number of halogens is 1. The molecule has 11 heteroatoms. The number of aryl methyl sites for hydroxylation is 1. The summed E-state index contributed by atoms with van der Waals surface area (Å²) in [6.07, 6.45) is 6.83. The van der Waals surface area contributed by atoms with Crippen molar-refractivity contribution >= 4 is 29.2 Å². The number of fused-ring (bicyclic) bond motifs is 4. The Balaban J connectivity index is 1.41. The van der Waals surface area contributed by atoms with E-state index >= 15 is 0 Å². The summed E-state index contributed by atoms with van der Waals surface area (Å²) in [5, 5.41) is 7.89. The van der Waals surface area contributed by atoms with E-state index in [4.69, 9.17) is 21.3 Å². The molecule has 2 atom stereocenters. The first-order valence-electron chi connectivity index (χ1n) is 14.6. The number of esters is 1. The highest BCUT2D eigenvalue weighted by Crippen LogP contribution is 2.35. The average Bonchev–Trinajstić information content (AvgIpc) is 3.41. The molecule has 228 valence electrons. The Labute approximate surface area is 264 Å². The second kappa shape index (κ2) is 12.5. The summed E-state index contributed by atoms with van der Waals surface area (Å²) in [7, 11) is 3.16. The molecule has 1 amide bonds. The molecule has 3 aromatic heterocycles. The maximum absolute atomic E-state index is 13.8. The van der Waals surface area contributed by atoms with E-state index in [1.807, 2.05) is 44.3 Å². The highest BCUT2D eigenvalue weighted by molar-refractivity contribution is 6.31. The van der Waals surface area contributed by atoms with Crippen LogP contribution in [0.2, 0.25) is 5.02 Å². The number of carbonyl (C=O) groups excluding carboxylic acids is 2. The molecule has 0 fully saturated rings. The van der Waals surface area contributed by atoms with Gasteiger partial charge in [-0.25, -0.2) is 9.78 Å². The van der Waals surface area contributed by atoms with Crippen LogP contribution in [0.4, 0.5) is 5.69 Å². The van der Waals surface area contributed by atoms with Gasteiger partial charge in [-0.05, 0) is 60.4 Å². The number of anilines is 1. The first-order chi connectivity index (χ1) is 21.7. The molecule has 10 nitrogen and oxygen atoms in total. The van der Waals surface area contributed by atoms with Gasteiger partial charge in [-0.3, -0.25) is 23.8 Å². The van der Waals surface area contributed by atoms with E-state index in [-0.39, 0.29) is 17.4 Å². The first kappa shape index (κ1) is 30.0. The van der Waals surface area contributed by atoms with Gasteiger partial charge in [0.1, 0.15) is 0 Å². The van der Waals surface area contributed by atoms with Gasteiger partial charge >= 0.3 is 5.97 Å². The van der Waals surface area contributed by atoms with Crippen LogP contribution in [0, 0.1) is 5.92 Å². The van der Waals surface area contributed by atoms with Gasteiger partial charge in [0.05, 0.1) is 54.0 Å². The number of hydrogen-bond donors (Lipinski definition) is 1. The van der Waals surface area contributed by atoms with Crippen molar-refractivity contribution in [3.63, 3.8) is 0 Å². The van der Waals surface area contributed by atoms with Crippen molar-refractivity contribution in [3.05, 3.63) is 106 Å². The number of amides is 1. The number of benzene rings is 2. The Hall–Kier alpha value is -5.09. The standard InChI is InChI=1S/C34H31ClN6O4/c1-20-5-4-6-30(28-15-23(13-14-36-28)32-29(39-33(20)43)18-38-40(32)2)41-19-37-27(17-31(41)42)26-16-24(35)11-12-25(26)21-7-9-22(10-8-21)34(44)45-3/h7-20,30H,4-6H2,1-3H3,(H,39,43)/t20-,30+/m1/s1. The summed E-state index contributed by atoms with van der Waals surface area (Å²) in [4.78, 5) is 48.1. The van der Waals surface area contributed by atoms with Crippen LogP contribution in [-0.4, -0.2) is 43.3 Å². The van der Waals surface area contributed by atoms with Gasteiger partial charge in [0.2, 0.25) is 5.91 Å². The Morgan fingerprint density at radius 3 is 2.53 bits per heavy atom. The number of methoxy groups -OCH3 is 1. The summed E-state index contributed by atoms with van der Waals surface area (Å²) in [6, 6.07) is 17.3. The zero-order chi connectivity index (χ0) is 31.7. The van der Waals surface area contributed by atoms with E-state index in [0.29, 0.717) is 52.5 Å².